The van der Waals surface area contributed by atoms with E-state index in [1.807, 2.05) is 30.3 Å². The summed E-state index contributed by atoms with van der Waals surface area (Å²) < 4.78 is 14.9. The highest BCUT2D eigenvalue weighted by Gasteiger charge is 2.22. The molecule has 0 unspecified atom stereocenters. The van der Waals surface area contributed by atoms with E-state index in [4.69, 9.17) is 11.5 Å². The minimum absolute atomic E-state index is 0.0431. The van der Waals surface area contributed by atoms with Crippen molar-refractivity contribution in [3.63, 3.8) is 0 Å². The van der Waals surface area contributed by atoms with Crippen LogP contribution in [0.4, 0.5) is 27.4 Å². The van der Waals surface area contributed by atoms with E-state index >= 15 is 0 Å². The molecule has 0 fully saturated rings. The second kappa shape index (κ2) is 10.7. The molecule has 0 saturated carbocycles. The van der Waals surface area contributed by atoms with Gasteiger partial charge < -0.3 is 27.4 Å². The molecule has 2 heterocycles. The smallest absolute Gasteiger partial charge is 0.252 e. The van der Waals surface area contributed by atoms with Gasteiger partial charge in [0, 0.05) is 18.7 Å². The number of aromatic nitrogens is 2. The summed E-state index contributed by atoms with van der Waals surface area (Å²) in [5.74, 6) is -3.05. The predicted molar refractivity (Wildman–Crippen MR) is 139 cm³/mol. The number of carbonyl (C=O) groups is 3. The van der Waals surface area contributed by atoms with E-state index in [1.165, 1.54) is 13.1 Å². The van der Waals surface area contributed by atoms with Crippen molar-refractivity contribution in [2.24, 2.45) is 11.5 Å². The molecule has 188 valence electrons. The van der Waals surface area contributed by atoms with E-state index in [2.05, 4.69) is 25.9 Å². The summed E-state index contributed by atoms with van der Waals surface area (Å²) in [6.45, 7) is 1.40. The number of rotatable bonds is 9. The lowest BCUT2D eigenvalue weighted by Gasteiger charge is -2.18. The second-order valence-corrected chi connectivity index (χ2v) is 8.28. The summed E-state index contributed by atoms with van der Waals surface area (Å²) in [6, 6.07) is 16.0. The average Bonchev–Trinajstić information content (AvgIpc) is 2.85. The van der Waals surface area contributed by atoms with Gasteiger partial charge in [-0.15, -0.1) is 0 Å². The first-order valence-corrected chi connectivity index (χ1v) is 11.2. The fourth-order valence-electron chi connectivity index (χ4n) is 3.77. The first kappa shape index (κ1) is 25.0. The fraction of sp³-hybridized carbons (Fsp3) is 0.115. The van der Waals surface area contributed by atoms with Crippen LogP contribution in [0.2, 0.25) is 0 Å². The standard InChI is InChI=1S/C26H24FN7O3/c1-14(35)31-20-9-5-8-16-11-17(13-30-22(16)20)32-25-18(23(28)36)12-19(27)26(34-25)33-21(24(29)37)10-15-6-3-2-4-7-15/h2-9,11-13,21H,10H2,1H3,(H2,28,36)(H2,29,37)(H,31,35)(H2,32,33,34)/t21-/m1/s1. The van der Waals surface area contributed by atoms with Gasteiger partial charge in [-0.05, 0) is 23.8 Å². The third kappa shape index (κ3) is 5.96. The topological polar surface area (TPSA) is 165 Å². The van der Waals surface area contributed by atoms with Crippen LogP contribution in [0.5, 0.6) is 0 Å². The Bertz CT molecular complexity index is 1490. The largest absolute Gasteiger partial charge is 0.368 e. The van der Waals surface area contributed by atoms with E-state index in [-0.39, 0.29) is 29.5 Å². The number of anilines is 4. The summed E-state index contributed by atoms with van der Waals surface area (Å²) in [5.41, 5.74) is 13.1. The number of primary amides is 2. The van der Waals surface area contributed by atoms with Gasteiger partial charge in [-0.25, -0.2) is 9.37 Å². The van der Waals surface area contributed by atoms with Crippen molar-refractivity contribution < 1.29 is 18.8 Å². The maximum absolute atomic E-state index is 14.9. The van der Waals surface area contributed by atoms with Crippen molar-refractivity contribution >= 4 is 51.6 Å². The van der Waals surface area contributed by atoms with Gasteiger partial charge in [0.05, 0.1) is 28.7 Å². The van der Waals surface area contributed by atoms with E-state index in [0.717, 1.165) is 11.6 Å². The first-order chi connectivity index (χ1) is 17.7. The Labute approximate surface area is 211 Å². The van der Waals surface area contributed by atoms with Crippen LogP contribution in [0.25, 0.3) is 10.9 Å². The maximum Gasteiger partial charge on any atom is 0.252 e. The zero-order chi connectivity index (χ0) is 26.5. The normalized spacial score (nSPS) is 11.5. The van der Waals surface area contributed by atoms with E-state index in [0.29, 0.717) is 22.3 Å². The Kier molecular flexibility index (Phi) is 7.23. The molecule has 4 rings (SSSR count). The molecule has 0 spiro atoms. The van der Waals surface area contributed by atoms with Gasteiger partial charge in [0.25, 0.3) is 5.91 Å². The Hall–Kier alpha value is -5.06. The quantitative estimate of drug-likeness (QED) is 0.235. The van der Waals surface area contributed by atoms with Gasteiger partial charge in [0.1, 0.15) is 11.9 Å². The third-order valence-corrected chi connectivity index (χ3v) is 5.46. The zero-order valence-corrected chi connectivity index (χ0v) is 19.8. The van der Waals surface area contributed by atoms with Crippen molar-refractivity contribution in [1.29, 1.82) is 0 Å². The van der Waals surface area contributed by atoms with Crippen LogP contribution in [0, 0.1) is 5.82 Å². The molecule has 1 atom stereocenters. The molecule has 11 heteroatoms. The number of hydrogen-bond donors (Lipinski definition) is 5. The number of benzene rings is 2. The van der Waals surface area contributed by atoms with Crippen molar-refractivity contribution in [2.75, 3.05) is 16.0 Å². The molecule has 4 aromatic rings. The van der Waals surface area contributed by atoms with Crippen LogP contribution in [-0.2, 0) is 16.0 Å². The minimum atomic E-state index is -0.966. The summed E-state index contributed by atoms with van der Waals surface area (Å²) in [4.78, 5) is 44.2. The molecule has 0 saturated heterocycles. The number of carbonyl (C=O) groups excluding carboxylic acids is 3. The third-order valence-electron chi connectivity index (χ3n) is 5.46. The Balaban J connectivity index is 1.66. The van der Waals surface area contributed by atoms with E-state index in [1.54, 1.807) is 24.3 Å². The highest BCUT2D eigenvalue weighted by atomic mass is 19.1. The van der Waals surface area contributed by atoms with Crippen LogP contribution in [0.3, 0.4) is 0 Å². The number of para-hydroxylation sites is 1. The highest BCUT2D eigenvalue weighted by molar-refractivity contribution is 6.01. The molecule has 7 N–H and O–H groups in total. The number of hydrogen-bond acceptors (Lipinski definition) is 7. The molecular formula is C26H24FN7O3. The number of fused-ring (bicyclic) bond motifs is 1. The van der Waals surface area contributed by atoms with Gasteiger partial charge in [0.2, 0.25) is 11.8 Å². The van der Waals surface area contributed by atoms with Gasteiger partial charge >= 0.3 is 0 Å². The van der Waals surface area contributed by atoms with Crippen LogP contribution in [-0.4, -0.2) is 33.7 Å². The van der Waals surface area contributed by atoms with E-state index < -0.39 is 23.7 Å². The molecule has 0 radical (unpaired) electrons. The molecular weight excluding hydrogens is 477 g/mol. The summed E-state index contributed by atoms with van der Waals surface area (Å²) >= 11 is 0. The van der Waals surface area contributed by atoms with Crippen LogP contribution in [0.15, 0.2) is 66.9 Å². The lowest BCUT2D eigenvalue weighted by Crippen LogP contribution is -2.38. The summed E-state index contributed by atoms with van der Waals surface area (Å²) in [5, 5.41) is 9.08. The molecule has 0 aliphatic rings. The Morgan fingerprint density at radius 3 is 2.43 bits per heavy atom. The van der Waals surface area contributed by atoms with Gasteiger partial charge in [-0.1, -0.05) is 42.5 Å². The SMILES string of the molecule is CC(=O)Nc1cccc2cc(Nc3nc(N[C@H](Cc4ccccc4)C(N)=O)c(F)cc3C(N)=O)cnc12. The molecule has 10 nitrogen and oxygen atoms in total. The van der Waals surface area contributed by atoms with Crippen LogP contribution >= 0.6 is 0 Å². The zero-order valence-electron chi connectivity index (χ0n) is 19.8. The molecule has 0 aliphatic carbocycles. The van der Waals surface area contributed by atoms with Crippen molar-refractivity contribution in [3.05, 3.63) is 83.8 Å². The molecule has 0 bridgehead atoms. The number of nitrogens with zero attached hydrogens (tertiary/aromatic N) is 2. The van der Waals surface area contributed by atoms with Gasteiger partial charge in [-0.2, -0.15) is 0 Å². The Morgan fingerprint density at radius 2 is 1.76 bits per heavy atom. The number of nitrogens with two attached hydrogens (primary N) is 2. The minimum Gasteiger partial charge on any atom is -0.368 e. The molecule has 3 amide bonds. The Morgan fingerprint density at radius 1 is 1.00 bits per heavy atom. The lowest BCUT2D eigenvalue weighted by molar-refractivity contribution is -0.118. The molecule has 37 heavy (non-hydrogen) atoms. The number of amides is 3. The fourth-order valence-corrected chi connectivity index (χ4v) is 3.77. The van der Waals surface area contributed by atoms with Crippen LogP contribution < -0.4 is 27.4 Å². The number of nitrogens with one attached hydrogen (secondary N) is 3. The maximum atomic E-state index is 14.9. The predicted octanol–water partition coefficient (Wildman–Crippen LogP) is 3.08. The monoisotopic (exact) mass is 501 g/mol. The number of pyridine rings is 2. The van der Waals surface area contributed by atoms with Crippen LogP contribution in [0.1, 0.15) is 22.8 Å². The first-order valence-electron chi connectivity index (χ1n) is 11.2. The van der Waals surface area contributed by atoms with Crippen molar-refractivity contribution in [1.82, 2.24) is 9.97 Å². The average molecular weight is 502 g/mol. The van der Waals surface area contributed by atoms with Gasteiger partial charge in [-0.3, -0.25) is 19.4 Å². The summed E-state index contributed by atoms with van der Waals surface area (Å²) in [6.07, 6.45) is 1.67. The summed E-state index contributed by atoms with van der Waals surface area (Å²) in [7, 11) is 0. The molecule has 2 aromatic carbocycles. The van der Waals surface area contributed by atoms with Gasteiger partial charge in [0.15, 0.2) is 11.6 Å². The van der Waals surface area contributed by atoms with Crippen molar-refractivity contribution in [2.45, 2.75) is 19.4 Å². The second-order valence-electron chi connectivity index (χ2n) is 8.28. The van der Waals surface area contributed by atoms with E-state index in [9.17, 15) is 18.8 Å². The lowest BCUT2D eigenvalue weighted by atomic mass is 10.1. The highest BCUT2D eigenvalue weighted by Crippen LogP contribution is 2.28. The molecule has 0 aliphatic heterocycles. The van der Waals surface area contributed by atoms with Crippen molar-refractivity contribution in [3.8, 4) is 0 Å². The number of halogens is 1. The molecule has 2 aromatic heterocycles.